The number of carboxylic acids is 1. The number of nitrogens with zero attached hydrogens (tertiary/aromatic N) is 1. The van der Waals surface area contributed by atoms with Crippen LogP contribution in [0, 0.1) is 13.8 Å². The molecule has 1 aromatic carbocycles. The van der Waals surface area contributed by atoms with Crippen molar-refractivity contribution in [1.82, 2.24) is 4.68 Å². The lowest BCUT2D eigenvalue weighted by Crippen LogP contribution is -2.25. The number of hydrogen-bond acceptors (Lipinski definition) is 2. The van der Waals surface area contributed by atoms with Gasteiger partial charge in [-0.05, 0) is 37.1 Å². The topological polar surface area (TPSA) is 71.3 Å². The van der Waals surface area contributed by atoms with Crippen LogP contribution in [-0.2, 0) is 0 Å². The third kappa shape index (κ3) is 2.49. The average Bonchev–Trinajstić information content (AvgIpc) is 2.83. The van der Waals surface area contributed by atoms with Crippen molar-refractivity contribution >= 4 is 11.9 Å². The summed E-state index contributed by atoms with van der Waals surface area (Å²) >= 11 is 0. The summed E-state index contributed by atoms with van der Waals surface area (Å²) in [5.74, 6) is -1.53. The Balaban J connectivity index is 2.46. The lowest BCUT2D eigenvalue weighted by Gasteiger charge is -2.13. The molecule has 0 atom stereocenters. The maximum atomic E-state index is 12.2. The Labute approximate surface area is 110 Å². The lowest BCUT2D eigenvalue weighted by molar-refractivity contribution is 0.0691. The van der Waals surface area contributed by atoms with Gasteiger partial charge in [-0.3, -0.25) is 14.9 Å². The first-order valence-electron chi connectivity index (χ1n) is 5.78. The van der Waals surface area contributed by atoms with Crippen LogP contribution >= 0.6 is 0 Å². The van der Waals surface area contributed by atoms with E-state index in [0.29, 0.717) is 11.1 Å². The van der Waals surface area contributed by atoms with E-state index in [4.69, 9.17) is 0 Å². The van der Waals surface area contributed by atoms with E-state index in [1.165, 1.54) is 4.68 Å². The molecule has 1 heterocycles. The summed E-state index contributed by atoms with van der Waals surface area (Å²) in [6.45, 7) is 3.39. The van der Waals surface area contributed by atoms with Gasteiger partial charge in [0, 0.05) is 12.4 Å². The molecule has 0 spiro atoms. The summed E-state index contributed by atoms with van der Waals surface area (Å²) in [7, 11) is 0. The maximum absolute atomic E-state index is 12.2. The number of rotatable bonds is 3. The van der Waals surface area contributed by atoms with Crippen LogP contribution in [0.2, 0.25) is 0 Å². The Morgan fingerprint density at radius 1 is 1.05 bits per heavy atom. The van der Waals surface area contributed by atoms with Gasteiger partial charge in [0.25, 0.3) is 5.91 Å². The molecule has 5 nitrogen and oxygen atoms in total. The molecule has 2 N–H and O–H groups in total. The molecule has 1 aromatic heterocycles. The van der Waals surface area contributed by atoms with Crippen LogP contribution in [-0.4, -0.2) is 21.7 Å². The van der Waals surface area contributed by atoms with E-state index in [-0.39, 0.29) is 11.1 Å². The zero-order valence-electron chi connectivity index (χ0n) is 10.7. The van der Waals surface area contributed by atoms with E-state index in [9.17, 15) is 14.7 Å². The lowest BCUT2D eigenvalue weighted by atomic mass is 9.97. The highest BCUT2D eigenvalue weighted by Crippen LogP contribution is 2.19. The summed E-state index contributed by atoms with van der Waals surface area (Å²) < 4.78 is 1.48. The molecule has 0 unspecified atom stereocenters. The summed E-state index contributed by atoms with van der Waals surface area (Å²) in [6.07, 6.45) is 3.34. The van der Waals surface area contributed by atoms with Gasteiger partial charge in [0.1, 0.15) is 0 Å². The summed E-state index contributed by atoms with van der Waals surface area (Å²) in [5, 5.41) is 9.26. The van der Waals surface area contributed by atoms with Gasteiger partial charge in [0.15, 0.2) is 0 Å². The normalized spacial score (nSPS) is 10.2. The third-order valence-corrected chi connectivity index (χ3v) is 2.90. The largest absolute Gasteiger partial charge is 0.478 e. The first kappa shape index (κ1) is 12.9. The molecule has 0 aliphatic heterocycles. The van der Waals surface area contributed by atoms with Crippen LogP contribution in [0.1, 0.15) is 31.8 Å². The van der Waals surface area contributed by atoms with Crippen LogP contribution in [0.4, 0.5) is 0 Å². The smallest absolute Gasteiger partial charge is 0.336 e. The molecule has 1 amide bonds. The molecule has 0 radical (unpaired) electrons. The number of carbonyl (C=O) groups excluding carboxylic acids is 1. The van der Waals surface area contributed by atoms with Crippen molar-refractivity contribution in [2.75, 3.05) is 5.43 Å². The Morgan fingerprint density at radius 2 is 1.58 bits per heavy atom. The average molecular weight is 258 g/mol. The van der Waals surface area contributed by atoms with Gasteiger partial charge in [0.2, 0.25) is 0 Å². The second-order valence-electron chi connectivity index (χ2n) is 4.29. The van der Waals surface area contributed by atoms with Gasteiger partial charge in [-0.25, -0.2) is 4.79 Å². The highest BCUT2D eigenvalue weighted by atomic mass is 16.4. The molecule has 5 heteroatoms. The zero-order valence-corrected chi connectivity index (χ0v) is 10.7. The molecule has 98 valence electrons. The molecule has 2 aromatic rings. The Bertz CT molecular complexity index is 630. The Morgan fingerprint density at radius 3 is 2.11 bits per heavy atom. The number of carbonyl (C=O) groups is 2. The Kier molecular flexibility index (Phi) is 3.37. The minimum atomic E-state index is -1.10. The third-order valence-electron chi connectivity index (χ3n) is 2.90. The summed E-state index contributed by atoms with van der Waals surface area (Å²) in [5.41, 5.74) is 4.06. The standard InChI is InChI=1S/C14H14N2O3/c1-9-5-6-10(2)12(14(18)19)11(9)13(17)15-16-7-3-4-8-16/h3-8H,1-2H3,(H,15,17)(H,18,19). The van der Waals surface area contributed by atoms with Gasteiger partial charge >= 0.3 is 5.97 Å². The fraction of sp³-hybridized carbons (Fsp3) is 0.143. The van der Waals surface area contributed by atoms with E-state index >= 15 is 0 Å². The molecule has 0 aliphatic rings. The first-order chi connectivity index (χ1) is 9.00. The molecule has 0 aliphatic carbocycles. The van der Waals surface area contributed by atoms with Gasteiger partial charge in [-0.2, -0.15) is 0 Å². The van der Waals surface area contributed by atoms with Gasteiger partial charge in [-0.1, -0.05) is 12.1 Å². The molecular weight excluding hydrogens is 244 g/mol. The minimum absolute atomic E-state index is 0.0460. The van der Waals surface area contributed by atoms with Crippen molar-refractivity contribution < 1.29 is 14.7 Å². The van der Waals surface area contributed by atoms with E-state index in [1.54, 1.807) is 50.5 Å². The fourth-order valence-corrected chi connectivity index (χ4v) is 1.96. The van der Waals surface area contributed by atoms with Gasteiger partial charge in [-0.15, -0.1) is 0 Å². The van der Waals surface area contributed by atoms with Crippen molar-refractivity contribution in [3.63, 3.8) is 0 Å². The maximum Gasteiger partial charge on any atom is 0.336 e. The van der Waals surface area contributed by atoms with Gasteiger partial charge < -0.3 is 5.11 Å². The summed E-state index contributed by atoms with van der Waals surface area (Å²) in [4.78, 5) is 23.5. The molecule has 19 heavy (non-hydrogen) atoms. The van der Waals surface area contributed by atoms with E-state index in [0.717, 1.165) is 0 Å². The zero-order chi connectivity index (χ0) is 14.0. The molecular formula is C14H14N2O3. The molecule has 0 bridgehead atoms. The Hall–Kier alpha value is -2.56. The molecule has 0 saturated carbocycles. The van der Waals surface area contributed by atoms with E-state index in [1.807, 2.05) is 0 Å². The van der Waals surface area contributed by atoms with Crippen molar-refractivity contribution in [3.05, 3.63) is 58.9 Å². The molecule has 2 rings (SSSR count). The van der Waals surface area contributed by atoms with E-state index < -0.39 is 11.9 Å². The number of benzene rings is 1. The van der Waals surface area contributed by atoms with Gasteiger partial charge in [0.05, 0.1) is 11.1 Å². The number of aromatic carboxylic acids is 1. The van der Waals surface area contributed by atoms with Crippen LogP contribution in [0.25, 0.3) is 0 Å². The first-order valence-corrected chi connectivity index (χ1v) is 5.78. The second-order valence-corrected chi connectivity index (χ2v) is 4.29. The quantitative estimate of drug-likeness (QED) is 0.886. The number of carboxylic acid groups (broad SMARTS) is 1. The predicted octanol–water partition coefficient (Wildman–Crippen LogP) is 2.19. The van der Waals surface area contributed by atoms with Crippen LogP contribution in [0.3, 0.4) is 0 Å². The summed E-state index contributed by atoms with van der Waals surface area (Å²) in [6, 6.07) is 6.97. The van der Waals surface area contributed by atoms with E-state index in [2.05, 4.69) is 5.43 Å². The molecule has 0 fully saturated rings. The number of aromatic nitrogens is 1. The van der Waals surface area contributed by atoms with Crippen molar-refractivity contribution in [3.8, 4) is 0 Å². The van der Waals surface area contributed by atoms with Crippen molar-refractivity contribution in [2.24, 2.45) is 0 Å². The van der Waals surface area contributed by atoms with Crippen LogP contribution in [0.15, 0.2) is 36.7 Å². The minimum Gasteiger partial charge on any atom is -0.478 e. The van der Waals surface area contributed by atoms with Crippen LogP contribution in [0.5, 0.6) is 0 Å². The molecule has 0 saturated heterocycles. The van der Waals surface area contributed by atoms with Crippen LogP contribution < -0.4 is 5.43 Å². The SMILES string of the molecule is Cc1ccc(C)c(C(=O)Nn2cccc2)c1C(=O)O. The second kappa shape index (κ2) is 4.97. The highest BCUT2D eigenvalue weighted by molar-refractivity contribution is 6.09. The number of nitrogens with one attached hydrogen (secondary N) is 1. The fourth-order valence-electron chi connectivity index (χ4n) is 1.96. The number of hydrogen-bond donors (Lipinski definition) is 2. The highest BCUT2D eigenvalue weighted by Gasteiger charge is 2.21. The monoisotopic (exact) mass is 258 g/mol. The number of aryl methyl sites for hydroxylation is 2. The van der Waals surface area contributed by atoms with Crippen molar-refractivity contribution in [1.29, 1.82) is 0 Å². The number of amides is 1. The predicted molar refractivity (Wildman–Crippen MR) is 71.0 cm³/mol. The van der Waals surface area contributed by atoms with Crippen molar-refractivity contribution in [2.45, 2.75) is 13.8 Å².